The van der Waals surface area contributed by atoms with E-state index in [1.165, 1.54) is 6.26 Å². The van der Waals surface area contributed by atoms with Crippen molar-refractivity contribution < 1.29 is 33.0 Å². The van der Waals surface area contributed by atoms with Crippen molar-refractivity contribution in [3.8, 4) is 0 Å². The van der Waals surface area contributed by atoms with E-state index in [1.54, 1.807) is 0 Å². The van der Waals surface area contributed by atoms with E-state index in [0.717, 1.165) is 0 Å². The van der Waals surface area contributed by atoms with Gasteiger partial charge in [-0.2, -0.15) is 0 Å². The molecule has 0 aliphatic carbocycles. The number of benzene rings is 1. The van der Waals surface area contributed by atoms with Gasteiger partial charge in [0.05, 0.1) is 4.90 Å². The summed E-state index contributed by atoms with van der Waals surface area (Å²) in [5.41, 5.74) is -2.91. The first-order valence-electron chi connectivity index (χ1n) is 4.03. The SMILES string of the molecule is CSc1c(F)c(F)c(C(=O)O)c(C(=O)O)c1F. The van der Waals surface area contributed by atoms with Crippen LogP contribution in [0, 0.1) is 17.5 Å². The highest BCUT2D eigenvalue weighted by atomic mass is 32.2. The van der Waals surface area contributed by atoms with Crippen LogP contribution in [0.15, 0.2) is 4.90 Å². The van der Waals surface area contributed by atoms with E-state index in [2.05, 4.69) is 0 Å². The molecule has 0 spiro atoms. The van der Waals surface area contributed by atoms with Crippen LogP contribution in [0.1, 0.15) is 20.7 Å². The molecular formula is C9H5F3O4S. The van der Waals surface area contributed by atoms with Crippen molar-refractivity contribution in [2.75, 3.05) is 6.26 Å². The molecule has 1 aromatic carbocycles. The summed E-state index contributed by atoms with van der Waals surface area (Å²) in [6.07, 6.45) is 1.20. The van der Waals surface area contributed by atoms with Gasteiger partial charge in [0.15, 0.2) is 17.5 Å². The summed E-state index contributed by atoms with van der Waals surface area (Å²) in [5.74, 6) is -9.22. The molecule has 0 aliphatic heterocycles. The Morgan fingerprint density at radius 3 is 1.71 bits per heavy atom. The molecule has 0 saturated carbocycles. The molecule has 1 rings (SSSR count). The highest BCUT2D eigenvalue weighted by Crippen LogP contribution is 2.31. The number of aromatic carboxylic acids is 2. The number of hydrogen-bond donors (Lipinski definition) is 2. The van der Waals surface area contributed by atoms with Crippen LogP contribution in [-0.2, 0) is 0 Å². The highest BCUT2D eigenvalue weighted by molar-refractivity contribution is 7.98. The van der Waals surface area contributed by atoms with Crippen molar-refractivity contribution in [2.45, 2.75) is 4.90 Å². The summed E-state index contributed by atoms with van der Waals surface area (Å²) >= 11 is 0.442. The van der Waals surface area contributed by atoms with E-state index < -0.39 is 45.4 Å². The molecule has 1 aromatic rings. The third-order valence-corrected chi connectivity index (χ3v) is 2.68. The predicted octanol–water partition coefficient (Wildman–Crippen LogP) is 2.22. The lowest BCUT2D eigenvalue weighted by Crippen LogP contribution is -2.16. The number of halogens is 3. The van der Waals surface area contributed by atoms with Gasteiger partial charge in [0, 0.05) is 0 Å². The Hall–Kier alpha value is -1.70. The summed E-state index contributed by atoms with van der Waals surface area (Å²) in [7, 11) is 0. The zero-order valence-electron chi connectivity index (χ0n) is 8.25. The lowest BCUT2D eigenvalue weighted by Gasteiger charge is -2.09. The Bertz CT molecular complexity index is 516. The largest absolute Gasteiger partial charge is 0.478 e. The van der Waals surface area contributed by atoms with Crippen LogP contribution in [0.4, 0.5) is 13.2 Å². The third-order valence-electron chi connectivity index (χ3n) is 1.91. The second-order valence-electron chi connectivity index (χ2n) is 2.84. The molecule has 92 valence electrons. The van der Waals surface area contributed by atoms with Crippen LogP contribution >= 0.6 is 11.8 Å². The van der Waals surface area contributed by atoms with E-state index in [1.807, 2.05) is 0 Å². The van der Waals surface area contributed by atoms with E-state index in [0.29, 0.717) is 11.8 Å². The topological polar surface area (TPSA) is 74.6 Å². The van der Waals surface area contributed by atoms with Gasteiger partial charge in [0.25, 0.3) is 0 Å². The zero-order valence-corrected chi connectivity index (χ0v) is 9.07. The Kier molecular flexibility index (Phi) is 3.66. The van der Waals surface area contributed by atoms with Gasteiger partial charge in [-0.3, -0.25) is 0 Å². The van der Waals surface area contributed by atoms with E-state index >= 15 is 0 Å². The second-order valence-corrected chi connectivity index (χ2v) is 3.65. The quantitative estimate of drug-likeness (QED) is 0.648. The first kappa shape index (κ1) is 13.4. The normalized spacial score (nSPS) is 10.4. The molecule has 0 aromatic heterocycles. The Morgan fingerprint density at radius 1 is 0.941 bits per heavy atom. The molecule has 0 amide bonds. The van der Waals surface area contributed by atoms with Crippen molar-refractivity contribution in [3.63, 3.8) is 0 Å². The number of carbonyl (C=O) groups is 2. The van der Waals surface area contributed by atoms with Gasteiger partial charge in [0.1, 0.15) is 11.1 Å². The van der Waals surface area contributed by atoms with E-state index in [9.17, 15) is 22.8 Å². The van der Waals surface area contributed by atoms with Crippen LogP contribution in [0.5, 0.6) is 0 Å². The standard InChI is InChI=1S/C9H5F3O4S/c1-17-7-5(11)3(9(15)16)2(8(13)14)4(10)6(7)12/h1H3,(H,13,14)(H,15,16). The maximum atomic E-state index is 13.5. The average molecular weight is 266 g/mol. The maximum absolute atomic E-state index is 13.5. The first-order valence-corrected chi connectivity index (χ1v) is 5.26. The van der Waals surface area contributed by atoms with Crippen LogP contribution in [-0.4, -0.2) is 28.4 Å². The molecule has 8 heteroatoms. The summed E-state index contributed by atoms with van der Waals surface area (Å²) in [6, 6.07) is 0. The van der Waals surface area contributed by atoms with E-state index in [4.69, 9.17) is 10.2 Å². The van der Waals surface area contributed by atoms with Crippen molar-refractivity contribution in [1.29, 1.82) is 0 Å². The third kappa shape index (κ3) is 2.07. The molecule has 0 heterocycles. The second kappa shape index (κ2) is 4.66. The molecule has 0 radical (unpaired) electrons. The van der Waals surface area contributed by atoms with Crippen LogP contribution < -0.4 is 0 Å². The molecule has 17 heavy (non-hydrogen) atoms. The van der Waals surface area contributed by atoms with Crippen molar-refractivity contribution in [2.24, 2.45) is 0 Å². The van der Waals surface area contributed by atoms with E-state index in [-0.39, 0.29) is 0 Å². The molecule has 2 N–H and O–H groups in total. The average Bonchev–Trinajstić information content (AvgIpc) is 2.22. The van der Waals surface area contributed by atoms with Crippen LogP contribution in [0.3, 0.4) is 0 Å². The molecule has 0 bridgehead atoms. The minimum absolute atomic E-state index is 0.442. The number of carboxylic acid groups (broad SMARTS) is 2. The van der Waals surface area contributed by atoms with Gasteiger partial charge in [-0.05, 0) is 6.26 Å². The van der Waals surface area contributed by atoms with Gasteiger partial charge >= 0.3 is 11.9 Å². The maximum Gasteiger partial charge on any atom is 0.339 e. The molecule has 0 unspecified atom stereocenters. The van der Waals surface area contributed by atoms with Crippen molar-refractivity contribution in [1.82, 2.24) is 0 Å². The lowest BCUT2D eigenvalue weighted by atomic mass is 10.1. The molecular weight excluding hydrogens is 261 g/mol. The molecule has 0 fully saturated rings. The summed E-state index contributed by atoms with van der Waals surface area (Å²) < 4.78 is 40.1. The first-order chi connectivity index (χ1) is 7.82. The predicted molar refractivity (Wildman–Crippen MR) is 52.0 cm³/mol. The Labute approximate surface area is 97.1 Å². The molecule has 0 saturated heterocycles. The molecule has 0 aliphatic rings. The highest BCUT2D eigenvalue weighted by Gasteiger charge is 2.31. The zero-order chi connectivity index (χ0) is 13.3. The van der Waals surface area contributed by atoms with Gasteiger partial charge < -0.3 is 10.2 Å². The van der Waals surface area contributed by atoms with Gasteiger partial charge in [-0.1, -0.05) is 0 Å². The van der Waals surface area contributed by atoms with Crippen LogP contribution in [0.2, 0.25) is 0 Å². The fourth-order valence-corrected chi connectivity index (χ4v) is 1.77. The number of rotatable bonds is 3. The Morgan fingerprint density at radius 2 is 1.35 bits per heavy atom. The van der Waals surface area contributed by atoms with Gasteiger partial charge in [-0.15, -0.1) is 11.8 Å². The number of thioether (sulfide) groups is 1. The van der Waals surface area contributed by atoms with Crippen LogP contribution in [0.25, 0.3) is 0 Å². The number of carboxylic acids is 2. The monoisotopic (exact) mass is 266 g/mol. The van der Waals surface area contributed by atoms with Gasteiger partial charge in [-0.25, -0.2) is 22.8 Å². The minimum atomic E-state index is -2.05. The Balaban J connectivity index is 3.84. The summed E-state index contributed by atoms with van der Waals surface area (Å²) in [4.78, 5) is 20.4. The summed E-state index contributed by atoms with van der Waals surface area (Å²) in [5, 5.41) is 17.2. The van der Waals surface area contributed by atoms with Crippen molar-refractivity contribution in [3.05, 3.63) is 28.6 Å². The van der Waals surface area contributed by atoms with Crippen molar-refractivity contribution >= 4 is 23.7 Å². The fraction of sp³-hybridized carbons (Fsp3) is 0.111. The number of hydrogen-bond acceptors (Lipinski definition) is 3. The fourth-order valence-electron chi connectivity index (χ4n) is 1.22. The smallest absolute Gasteiger partial charge is 0.339 e. The molecule has 0 atom stereocenters. The molecule has 4 nitrogen and oxygen atoms in total. The van der Waals surface area contributed by atoms with Gasteiger partial charge in [0.2, 0.25) is 0 Å². The summed E-state index contributed by atoms with van der Waals surface area (Å²) in [6.45, 7) is 0. The minimum Gasteiger partial charge on any atom is -0.478 e. The lowest BCUT2D eigenvalue weighted by molar-refractivity contribution is 0.0640.